The number of carbonyl (C=O) groups is 1. The van der Waals surface area contributed by atoms with Gasteiger partial charge in [-0.25, -0.2) is 19.0 Å². The number of anilines is 1. The number of hydrogen-bond donors (Lipinski definition) is 4. The first-order valence-electron chi connectivity index (χ1n) is 11.9. The van der Waals surface area contributed by atoms with E-state index in [4.69, 9.17) is 11.1 Å². The molecule has 200 valence electrons. The Morgan fingerprint density at radius 3 is 2.50 bits per heavy atom. The molecule has 3 heterocycles. The fraction of sp³-hybridized carbons (Fsp3) is 0.370. The molecule has 1 amide bonds. The first-order chi connectivity index (χ1) is 18.0. The van der Waals surface area contributed by atoms with Gasteiger partial charge in [0, 0.05) is 19.0 Å². The normalized spacial score (nSPS) is 13.6. The number of benzene rings is 1. The van der Waals surface area contributed by atoms with E-state index in [-0.39, 0.29) is 29.2 Å². The molecule has 0 saturated carbocycles. The summed E-state index contributed by atoms with van der Waals surface area (Å²) in [6.45, 7) is 6.01. The van der Waals surface area contributed by atoms with Crippen molar-refractivity contribution in [3.63, 3.8) is 0 Å². The van der Waals surface area contributed by atoms with Crippen LogP contribution >= 0.6 is 0 Å². The lowest BCUT2D eigenvalue weighted by molar-refractivity contribution is 0.0786. The van der Waals surface area contributed by atoms with Crippen LogP contribution < -0.4 is 22.1 Å². The number of fused-ring (bicyclic) bond motifs is 3. The topological polar surface area (TPSA) is 138 Å². The van der Waals surface area contributed by atoms with Gasteiger partial charge in [-0.1, -0.05) is 0 Å². The Kier molecular flexibility index (Phi) is 9.91. The van der Waals surface area contributed by atoms with E-state index in [0.717, 1.165) is 19.3 Å². The summed E-state index contributed by atoms with van der Waals surface area (Å²) in [5.41, 5.74) is 10.9. The number of carbonyl (C=O) groups excluding carboxylic acids is 1. The molecule has 0 aliphatic carbocycles. The van der Waals surface area contributed by atoms with Crippen LogP contribution in [0.1, 0.15) is 54.9 Å². The number of rotatable bonds is 7. The molecule has 10 nitrogen and oxygen atoms in total. The minimum Gasteiger partial charge on any atom is -0.348 e. The smallest absolute Gasteiger partial charge is 0.273 e. The van der Waals surface area contributed by atoms with E-state index in [1.54, 1.807) is 29.7 Å². The molecule has 2 aromatic heterocycles. The summed E-state index contributed by atoms with van der Waals surface area (Å²) in [6, 6.07) is 2.85. The highest BCUT2D eigenvalue weighted by molar-refractivity contribution is 5.92. The van der Waals surface area contributed by atoms with Gasteiger partial charge in [0.1, 0.15) is 23.5 Å². The highest BCUT2D eigenvalue weighted by atomic mass is 19.1. The molecule has 11 heteroatoms. The Bertz CT molecular complexity index is 1370. The molecule has 0 saturated heterocycles. The van der Waals surface area contributed by atoms with Crippen molar-refractivity contribution in [2.75, 3.05) is 24.3 Å². The lowest BCUT2D eigenvalue weighted by Gasteiger charge is -2.19. The zero-order valence-electron chi connectivity index (χ0n) is 22.1. The molecule has 1 aliphatic rings. The van der Waals surface area contributed by atoms with Gasteiger partial charge in [0.25, 0.3) is 5.91 Å². The molecule has 1 unspecified atom stereocenters. The number of terminal acetylenes is 2. The Labute approximate surface area is 222 Å². The predicted octanol–water partition coefficient (Wildman–Crippen LogP) is 2.68. The highest BCUT2D eigenvalue weighted by Crippen LogP contribution is 2.27. The van der Waals surface area contributed by atoms with Crippen LogP contribution in [0.2, 0.25) is 0 Å². The molecule has 0 bridgehead atoms. The van der Waals surface area contributed by atoms with Crippen molar-refractivity contribution in [1.29, 1.82) is 5.41 Å². The summed E-state index contributed by atoms with van der Waals surface area (Å²) in [6.07, 6.45) is 21.2. The Balaban J connectivity index is 0.00000121. The quantitative estimate of drug-likeness (QED) is 0.278. The molecule has 0 fully saturated rings. The van der Waals surface area contributed by atoms with Crippen LogP contribution in [-0.2, 0) is 5.54 Å². The van der Waals surface area contributed by atoms with Gasteiger partial charge >= 0.3 is 0 Å². The number of nitrogens with one attached hydrogen (secondary N) is 3. The lowest BCUT2D eigenvalue weighted by atomic mass is 10.0. The molecular formula is C27H34FN9O. The third kappa shape index (κ3) is 6.64. The summed E-state index contributed by atoms with van der Waals surface area (Å²) in [7, 11) is 1.74. The number of nitrogens with two attached hydrogens (primary N) is 1. The number of unbranched alkanes of at least 4 members (excludes halogenated alkanes) is 1. The average molecular weight is 520 g/mol. The first-order valence-corrected chi connectivity index (χ1v) is 11.9. The Hall–Kier alpha value is -4.48. The van der Waals surface area contributed by atoms with Crippen molar-refractivity contribution in [3.05, 3.63) is 52.9 Å². The van der Waals surface area contributed by atoms with Crippen LogP contribution in [0.3, 0.4) is 0 Å². The Morgan fingerprint density at radius 2 is 1.89 bits per heavy atom. The number of amides is 1. The maximum atomic E-state index is 14.0. The van der Waals surface area contributed by atoms with E-state index >= 15 is 0 Å². The molecule has 1 atom stereocenters. The summed E-state index contributed by atoms with van der Waals surface area (Å²) in [5.74, 6) is 0.108. The van der Waals surface area contributed by atoms with Crippen LogP contribution in [0, 0.1) is 43.8 Å². The van der Waals surface area contributed by atoms with Gasteiger partial charge in [-0.05, 0) is 57.7 Å². The van der Waals surface area contributed by atoms with Crippen LogP contribution in [0.25, 0.3) is 10.9 Å². The molecular weight excluding hydrogens is 485 g/mol. The third-order valence-electron chi connectivity index (χ3n) is 5.88. The predicted molar refractivity (Wildman–Crippen MR) is 147 cm³/mol. The van der Waals surface area contributed by atoms with Crippen LogP contribution in [0.5, 0.6) is 0 Å². The molecule has 1 aliphatic heterocycles. The number of aryl methyl sites for hydroxylation is 1. The Morgan fingerprint density at radius 1 is 1.21 bits per heavy atom. The van der Waals surface area contributed by atoms with Crippen molar-refractivity contribution in [2.45, 2.75) is 51.7 Å². The second-order valence-corrected chi connectivity index (χ2v) is 9.30. The molecule has 0 spiro atoms. The molecule has 3 aromatic rings. The summed E-state index contributed by atoms with van der Waals surface area (Å²) >= 11 is 0. The lowest BCUT2D eigenvalue weighted by Crippen LogP contribution is -2.33. The van der Waals surface area contributed by atoms with Gasteiger partial charge < -0.3 is 16.0 Å². The monoisotopic (exact) mass is 519 g/mol. The minimum atomic E-state index is -0.614. The van der Waals surface area contributed by atoms with Crippen molar-refractivity contribution in [2.24, 2.45) is 5.73 Å². The minimum absolute atomic E-state index is 0.0580. The molecule has 0 radical (unpaired) electrons. The van der Waals surface area contributed by atoms with E-state index in [9.17, 15) is 9.18 Å². The van der Waals surface area contributed by atoms with Gasteiger partial charge in [0.15, 0.2) is 0 Å². The molecule has 1 aromatic carbocycles. The van der Waals surface area contributed by atoms with Crippen molar-refractivity contribution >= 4 is 22.6 Å². The van der Waals surface area contributed by atoms with E-state index in [0.29, 0.717) is 34.5 Å². The van der Waals surface area contributed by atoms with Crippen molar-refractivity contribution < 1.29 is 9.18 Å². The van der Waals surface area contributed by atoms with Gasteiger partial charge in [0.2, 0.25) is 5.62 Å². The maximum absolute atomic E-state index is 14.0. The van der Waals surface area contributed by atoms with Gasteiger partial charge in [-0.3, -0.25) is 20.6 Å². The van der Waals surface area contributed by atoms with Crippen molar-refractivity contribution in [3.8, 4) is 25.7 Å². The van der Waals surface area contributed by atoms with Gasteiger partial charge in [0.05, 0.1) is 29.1 Å². The zero-order valence-corrected chi connectivity index (χ0v) is 22.1. The van der Waals surface area contributed by atoms with Crippen LogP contribution in [0.15, 0.2) is 24.5 Å². The maximum Gasteiger partial charge on any atom is 0.273 e. The largest absolute Gasteiger partial charge is 0.348 e. The molecule has 4 rings (SSSR count). The summed E-state index contributed by atoms with van der Waals surface area (Å²) in [5, 5.41) is 12.2. The van der Waals surface area contributed by atoms with E-state index < -0.39 is 5.54 Å². The van der Waals surface area contributed by atoms with Crippen molar-refractivity contribution in [1.82, 2.24) is 24.5 Å². The summed E-state index contributed by atoms with van der Waals surface area (Å²) in [4.78, 5) is 27.0. The number of halogens is 1. The van der Waals surface area contributed by atoms with E-state index in [1.807, 2.05) is 13.8 Å². The third-order valence-corrected chi connectivity index (χ3v) is 5.88. The van der Waals surface area contributed by atoms with Crippen LogP contribution in [-0.4, -0.2) is 50.2 Å². The summed E-state index contributed by atoms with van der Waals surface area (Å²) < 4.78 is 15.5. The van der Waals surface area contributed by atoms with Crippen LogP contribution in [0.4, 0.5) is 10.2 Å². The fourth-order valence-electron chi connectivity index (χ4n) is 3.97. The standard InChI is InChI=1S/C23H30FN9O.2C2H2/c1-13-9-14(24)10-15-19(13)30-22(25)33-20(15)29-18(31-33)7-5-6-8-32(4)21(34)16-11-28-17(12-27-16)23(2,3)26;2*1-2/h9-12,18,25,29,31H,5-8,26H2,1-4H3;2*1-2H. The molecule has 5 N–H and O–H groups in total. The average Bonchev–Trinajstić information content (AvgIpc) is 3.34. The fourth-order valence-corrected chi connectivity index (χ4v) is 3.97. The second-order valence-electron chi connectivity index (χ2n) is 9.30. The SMILES string of the molecule is C#C.C#C.Cc1cc(F)cc2c3n(c(=N)nc12)NC(CCCCN(C)C(=O)c1cnc(C(C)(C)N)cn1)N3. The molecule has 38 heavy (non-hydrogen) atoms. The number of aromatic nitrogens is 4. The van der Waals surface area contributed by atoms with Gasteiger partial charge in [-0.15, -0.1) is 25.7 Å². The number of hydrogen-bond acceptors (Lipinski definition) is 8. The van der Waals surface area contributed by atoms with Gasteiger partial charge in [-0.2, -0.15) is 0 Å². The highest BCUT2D eigenvalue weighted by Gasteiger charge is 2.24. The zero-order chi connectivity index (χ0) is 28.6. The van der Waals surface area contributed by atoms with E-state index in [2.05, 4.69) is 51.4 Å². The first kappa shape index (κ1) is 29.7. The van der Waals surface area contributed by atoms with E-state index in [1.165, 1.54) is 18.3 Å². The number of nitrogens with zero attached hydrogens (tertiary/aromatic N) is 5. The second kappa shape index (κ2) is 12.7.